The molecule has 0 aliphatic carbocycles. The van der Waals surface area contributed by atoms with E-state index < -0.39 is 5.97 Å². The van der Waals surface area contributed by atoms with Crippen molar-refractivity contribution in [3.8, 4) is 0 Å². The molecule has 21 heavy (non-hydrogen) atoms. The molecule has 120 valence electrons. The summed E-state index contributed by atoms with van der Waals surface area (Å²) in [5, 5.41) is 18.1. The molecule has 0 aromatic heterocycles. The molecule has 0 unspecified atom stereocenters. The molecule has 0 amide bonds. The summed E-state index contributed by atoms with van der Waals surface area (Å²) < 4.78 is 0. The van der Waals surface area contributed by atoms with Crippen molar-refractivity contribution in [1.29, 1.82) is 0 Å². The van der Waals surface area contributed by atoms with Gasteiger partial charge in [-0.15, -0.1) is 0 Å². The van der Waals surface area contributed by atoms with Gasteiger partial charge in [0.15, 0.2) is 0 Å². The number of carbonyl (C=O) groups is 1. The summed E-state index contributed by atoms with van der Waals surface area (Å²) in [6.45, 7) is 2.17. The molecule has 2 N–H and O–H groups in total. The number of hydrogen-bond acceptors (Lipinski definition) is 2. The van der Waals surface area contributed by atoms with E-state index in [-0.39, 0.29) is 6.42 Å². The number of hydrogen-bond donors (Lipinski definition) is 2. The number of aliphatic hydroxyl groups excluding tert-OH is 1. The van der Waals surface area contributed by atoms with Crippen LogP contribution in [0.15, 0.2) is 36.1 Å². The van der Waals surface area contributed by atoms with Gasteiger partial charge in [-0.2, -0.15) is 0 Å². The molecule has 0 aliphatic heterocycles. The van der Waals surface area contributed by atoms with Crippen LogP contribution in [0.25, 0.3) is 0 Å². The zero-order valence-electron chi connectivity index (χ0n) is 13.3. The summed E-state index contributed by atoms with van der Waals surface area (Å²) in [6, 6.07) is 0. The number of aliphatic carboxylic acids is 1. The third-order valence-electron chi connectivity index (χ3n) is 3.19. The molecule has 0 radical (unpaired) electrons. The SMILES string of the molecule is CCCC/C=C/C=C/C(O)=C/CCCCCCCC(=O)O. The summed E-state index contributed by atoms with van der Waals surface area (Å²) in [7, 11) is 0. The highest BCUT2D eigenvalue weighted by Crippen LogP contribution is 2.08. The molecule has 0 saturated carbocycles. The monoisotopic (exact) mass is 294 g/mol. The second-order valence-electron chi connectivity index (χ2n) is 5.26. The lowest BCUT2D eigenvalue weighted by atomic mass is 10.1. The van der Waals surface area contributed by atoms with E-state index in [9.17, 15) is 9.90 Å². The van der Waals surface area contributed by atoms with Gasteiger partial charge in [0.2, 0.25) is 0 Å². The van der Waals surface area contributed by atoms with Crippen LogP contribution < -0.4 is 0 Å². The van der Waals surface area contributed by atoms with E-state index in [0.717, 1.165) is 44.9 Å². The van der Waals surface area contributed by atoms with Crippen LogP contribution in [0, 0.1) is 0 Å². The van der Waals surface area contributed by atoms with Gasteiger partial charge in [0.05, 0.1) is 0 Å². The van der Waals surface area contributed by atoms with Crippen molar-refractivity contribution in [2.75, 3.05) is 0 Å². The minimum absolute atomic E-state index is 0.275. The van der Waals surface area contributed by atoms with Gasteiger partial charge < -0.3 is 10.2 Å². The molecule has 0 atom stereocenters. The number of rotatable bonds is 13. The highest BCUT2D eigenvalue weighted by molar-refractivity contribution is 5.66. The molecular formula is C18H30O3. The van der Waals surface area contributed by atoms with Crippen LogP contribution in [-0.4, -0.2) is 16.2 Å². The highest BCUT2D eigenvalue weighted by atomic mass is 16.4. The Hall–Kier alpha value is -1.51. The molecule has 0 heterocycles. The zero-order valence-corrected chi connectivity index (χ0v) is 13.3. The second kappa shape index (κ2) is 14.9. The predicted octanol–water partition coefficient (Wildman–Crippen LogP) is 5.55. The molecule has 0 spiro atoms. The molecule has 0 aliphatic rings. The van der Waals surface area contributed by atoms with E-state index in [2.05, 4.69) is 13.0 Å². The second-order valence-corrected chi connectivity index (χ2v) is 5.26. The molecular weight excluding hydrogens is 264 g/mol. The fraction of sp³-hybridized carbons (Fsp3) is 0.611. The standard InChI is InChI=1S/C18H30O3/c1-2-3-4-5-8-11-14-17(19)15-12-9-6-7-10-13-16-18(20)21/h5,8,11,14-15,19H,2-4,6-7,9-10,12-13,16H2,1H3,(H,20,21)/b8-5+,14-11+,17-15-. The van der Waals surface area contributed by atoms with Crippen LogP contribution in [0.4, 0.5) is 0 Å². The quantitative estimate of drug-likeness (QED) is 0.266. The Morgan fingerprint density at radius 2 is 1.62 bits per heavy atom. The van der Waals surface area contributed by atoms with Gasteiger partial charge >= 0.3 is 5.97 Å². The average molecular weight is 294 g/mol. The number of allylic oxidation sites excluding steroid dienone is 5. The average Bonchev–Trinajstić information content (AvgIpc) is 2.45. The molecule has 0 aromatic rings. The van der Waals surface area contributed by atoms with Crippen LogP contribution in [0.1, 0.15) is 71.1 Å². The van der Waals surface area contributed by atoms with Crippen LogP contribution >= 0.6 is 0 Å². The lowest BCUT2D eigenvalue weighted by Crippen LogP contribution is -1.93. The Bertz CT molecular complexity index is 340. The van der Waals surface area contributed by atoms with Crippen molar-refractivity contribution in [1.82, 2.24) is 0 Å². The zero-order chi connectivity index (χ0) is 15.8. The van der Waals surface area contributed by atoms with Gasteiger partial charge in [-0.25, -0.2) is 0 Å². The Balaban J connectivity index is 3.53. The summed E-state index contributed by atoms with van der Waals surface area (Å²) in [6.07, 6.45) is 19.1. The van der Waals surface area contributed by atoms with Gasteiger partial charge in [0, 0.05) is 6.42 Å². The third-order valence-corrected chi connectivity index (χ3v) is 3.19. The topological polar surface area (TPSA) is 57.5 Å². The summed E-state index contributed by atoms with van der Waals surface area (Å²) in [4.78, 5) is 10.3. The maximum atomic E-state index is 10.3. The number of carboxylic acid groups (broad SMARTS) is 1. The van der Waals surface area contributed by atoms with E-state index in [4.69, 9.17) is 5.11 Å². The first-order valence-corrected chi connectivity index (χ1v) is 8.11. The first-order valence-electron chi connectivity index (χ1n) is 8.11. The molecule has 0 saturated heterocycles. The number of carboxylic acids is 1. The van der Waals surface area contributed by atoms with Crippen LogP contribution in [0.5, 0.6) is 0 Å². The molecule has 0 aromatic carbocycles. The van der Waals surface area contributed by atoms with Crippen molar-refractivity contribution >= 4 is 5.97 Å². The molecule has 3 heteroatoms. The smallest absolute Gasteiger partial charge is 0.303 e. The normalized spacial score (nSPS) is 12.5. The first kappa shape index (κ1) is 19.5. The Kier molecular flexibility index (Phi) is 13.8. The van der Waals surface area contributed by atoms with Crippen molar-refractivity contribution in [2.45, 2.75) is 71.1 Å². The maximum absolute atomic E-state index is 10.3. The maximum Gasteiger partial charge on any atom is 0.303 e. The predicted molar refractivity (Wildman–Crippen MR) is 88.5 cm³/mol. The van der Waals surface area contributed by atoms with Crippen molar-refractivity contribution in [2.24, 2.45) is 0 Å². The largest absolute Gasteiger partial charge is 0.508 e. The minimum Gasteiger partial charge on any atom is -0.508 e. The highest BCUT2D eigenvalue weighted by Gasteiger charge is 1.96. The van der Waals surface area contributed by atoms with Crippen molar-refractivity contribution < 1.29 is 15.0 Å². The fourth-order valence-electron chi connectivity index (χ4n) is 1.92. The van der Waals surface area contributed by atoms with Crippen molar-refractivity contribution in [3.63, 3.8) is 0 Å². The number of unbranched alkanes of at least 4 members (excludes halogenated alkanes) is 7. The van der Waals surface area contributed by atoms with Gasteiger partial charge in [0.1, 0.15) is 5.76 Å². The van der Waals surface area contributed by atoms with Gasteiger partial charge in [-0.3, -0.25) is 4.79 Å². The molecule has 3 nitrogen and oxygen atoms in total. The Morgan fingerprint density at radius 3 is 2.33 bits per heavy atom. The Labute approximate surface area is 129 Å². The molecule has 0 fully saturated rings. The Morgan fingerprint density at radius 1 is 0.905 bits per heavy atom. The first-order chi connectivity index (χ1) is 10.2. The summed E-state index contributed by atoms with van der Waals surface area (Å²) >= 11 is 0. The van der Waals surface area contributed by atoms with Crippen LogP contribution in [0.3, 0.4) is 0 Å². The fourth-order valence-corrected chi connectivity index (χ4v) is 1.92. The summed E-state index contributed by atoms with van der Waals surface area (Å²) in [5.74, 6) is -0.389. The summed E-state index contributed by atoms with van der Waals surface area (Å²) in [5.41, 5.74) is 0. The van der Waals surface area contributed by atoms with Crippen molar-refractivity contribution in [3.05, 3.63) is 36.1 Å². The molecule has 0 rings (SSSR count). The molecule has 0 bridgehead atoms. The number of aliphatic hydroxyl groups is 1. The lowest BCUT2D eigenvalue weighted by Gasteiger charge is -1.98. The van der Waals surface area contributed by atoms with Gasteiger partial charge in [-0.05, 0) is 37.8 Å². The van der Waals surface area contributed by atoms with Gasteiger partial charge in [0.25, 0.3) is 0 Å². The van der Waals surface area contributed by atoms with E-state index >= 15 is 0 Å². The third kappa shape index (κ3) is 16.4. The van der Waals surface area contributed by atoms with E-state index in [1.54, 1.807) is 6.08 Å². The van der Waals surface area contributed by atoms with Crippen LogP contribution in [0.2, 0.25) is 0 Å². The minimum atomic E-state index is -0.710. The van der Waals surface area contributed by atoms with Crippen LogP contribution in [-0.2, 0) is 4.79 Å². The van der Waals surface area contributed by atoms with Gasteiger partial charge in [-0.1, -0.05) is 57.3 Å². The van der Waals surface area contributed by atoms with E-state index in [1.807, 2.05) is 18.2 Å². The van der Waals surface area contributed by atoms with E-state index in [1.165, 1.54) is 12.8 Å². The lowest BCUT2D eigenvalue weighted by molar-refractivity contribution is -0.137. The van der Waals surface area contributed by atoms with E-state index in [0.29, 0.717) is 5.76 Å².